The summed E-state index contributed by atoms with van der Waals surface area (Å²) in [7, 11) is -0.758. The van der Waals surface area contributed by atoms with Gasteiger partial charge in [-0.15, -0.1) is 0 Å². The molecule has 0 heterocycles. The number of benzene rings is 3. The molecule has 0 aliphatic carbocycles. The molecule has 0 radical (unpaired) electrons. The van der Waals surface area contributed by atoms with E-state index >= 15 is 0 Å². The molecule has 3 heteroatoms. The Kier molecular flexibility index (Phi) is 4.83. The van der Waals surface area contributed by atoms with Crippen molar-refractivity contribution in [2.24, 2.45) is 0 Å². The normalized spacial score (nSPS) is 11.1. The Balaban J connectivity index is 2.25. The molecule has 0 spiro atoms. The topological polar surface area (TPSA) is 40.5 Å². The van der Waals surface area contributed by atoms with Gasteiger partial charge >= 0.3 is 0 Å². The van der Waals surface area contributed by atoms with Gasteiger partial charge < -0.3 is 10.2 Å². The van der Waals surface area contributed by atoms with E-state index in [0.29, 0.717) is 11.5 Å². The van der Waals surface area contributed by atoms with Gasteiger partial charge in [0.25, 0.3) is 0 Å². The zero-order valence-corrected chi connectivity index (χ0v) is 15.9. The molecule has 3 aromatic rings. The van der Waals surface area contributed by atoms with Crippen LogP contribution in [0.4, 0.5) is 0 Å². The van der Waals surface area contributed by atoms with E-state index in [1.54, 1.807) is 0 Å². The van der Waals surface area contributed by atoms with E-state index in [0.717, 1.165) is 22.3 Å². The first-order valence-corrected chi connectivity index (χ1v) is 9.68. The lowest BCUT2D eigenvalue weighted by Gasteiger charge is -2.22. The standard InChI is InChI=1S/C22H23O2P/c1-14-10-19(11-15(2)21(14)23)25(18-8-6-5-7-9-18)20-12-16(3)22(24)17(4)13-20/h5-13,23-24H,1-4H3. The van der Waals surface area contributed by atoms with E-state index in [1.165, 1.54) is 15.9 Å². The van der Waals surface area contributed by atoms with Crippen molar-refractivity contribution in [3.63, 3.8) is 0 Å². The molecule has 0 aromatic heterocycles. The minimum absolute atomic E-state index is 0.366. The summed E-state index contributed by atoms with van der Waals surface area (Å²) in [5.41, 5.74) is 3.58. The summed E-state index contributed by atoms with van der Waals surface area (Å²) >= 11 is 0. The van der Waals surface area contributed by atoms with E-state index in [2.05, 4.69) is 48.5 Å². The van der Waals surface area contributed by atoms with E-state index in [1.807, 2.05) is 33.8 Å². The van der Waals surface area contributed by atoms with Crippen LogP contribution >= 0.6 is 7.92 Å². The quantitative estimate of drug-likeness (QED) is 0.699. The second-order valence-electron chi connectivity index (χ2n) is 6.53. The summed E-state index contributed by atoms with van der Waals surface area (Å²) in [5.74, 6) is 0.731. The van der Waals surface area contributed by atoms with Crippen molar-refractivity contribution in [2.75, 3.05) is 0 Å². The predicted molar refractivity (Wildman–Crippen MR) is 107 cm³/mol. The van der Waals surface area contributed by atoms with Crippen LogP contribution in [0.1, 0.15) is 22.3 Å². The number of hydrogen-bond donors (Lipinski definition) is 2. The molecule has 25 heavy (non-hydrogen) atoms. The van der Waals surface area contributed by atoms with Crippen LogP contribution in [0.2, 0.25) is 0 Å². The van der Waals surface area contributed by atoms with Crippen molar-refractivity contribution in [1.29, 1.82) is 0 Å². The van der Waals surface area contributed by atoms with Crippen molar-refractivity contribution < 1.29 is 10.2 Å². The highest BCUT2D eigenvalue weighted by Gasteiger charge is 2.20. The van der Waals surface area contributed by atoms with Crippen molar-refractivity contribution in [3.05, 3.63) is 76.9 Å². The van der Waals surface area contributed by atoms with E-state index in [4.69, 9.17) is 0 Å². The molecule has 0 unspecified atom stereocenters. The molecule has 0 aliphatic heterocycles. The number of rotatable bonds is 3. The Bertz CT molecular complexity index is 813. The average molecular weight is 350 g/mol. The summed E-state index contributed by atoms with van der Waals surface area (Å²) in [4.78, 5) is 0. The lowest BCUT2D eigenvalue weighted by molar-refractivity contribution is 0.467. The highest BCUT2D eigenvalue weighted by Crippen LogP contribution is 2.37. The van der Waals surface area contributed by atoms with Crippen LogP contribution in [0.25, 0.3) is 0 Å². The van der Waals surface area contributed by atoms with Crippen molar-refractivity contribution in [1.82, 2.24) is 0 Å². The first-order valence-electron chi connectivity index (χ1n) is 8.34. The fourth-order valence-electron chi connectivity index (χ4n) is 3.15. The Morgan fingerprint density at radius 2 is 0.920 bits per heavy atom. The van der Waals surface area contributed by atoms with Crippen LogP contribution in [0.15, 0.2) is 54.6 Å². The van der Waals surface area contributed by atoms with Gasteiger partial charge in [-0.3, -0.25) is 0 Å². The summed E-state index contributed by atoms with van der Waals surface area (Å²) in [6.45, 7) is 7.77. The van der Waals surface area contributed by atoms with Crippen LogP contribution < -0.4 is 15.9 Å². The van der Waals surface area contributed by atoms with Crippen molar-refractivity contribution in [2.45, 2.75) is 27.7 Å². The average Bonchev–Trinajstić information content (AvgIpc) is 2.58. The van der Waals surface area contributed by atoms with Gasteiger partial charge in [-0.05, 0) is 98.0 Å². The van der Waals surface area contributed by atoms with Gasteiger partial charge in [0.15, 0.2) is 0 Å². The lowest BCUT2D eigenvalue weighted by atomic mass is 10.1. The molecule has 0 saturated heterocycles. The maximum Gasteiger partial charge on any atom is 0.121 e. The molecule has 3 rings (SSSR count). The summed E-state index contributed by atoms with van der Waals surface area (Å²) < 4.78 is 0. The molecular formula is C22H23O2P. The van der Waals surface area contributed by atoms with Crippen LogP contribution in [-0.4, -0.2) is 10.2 Å². The van der Waals surface area contributed by atoms with Crippen LogP contribution in [0, 0.1) is 27.7 Å². The van der Waals surface area contributed by atoms with Crippen LogP contribution in [-0.2, 0) is 0 Å². The maximum absolute atomic E-state index is 10.2. The number of phenols is 2. The third-order valence-electron chi connectivity index (χ3n) is 4.48. The van der Waals surface area contributed by atoms with Crippen LogP contribution in [0.3, 0.4) is 0 Å². The third kappa shape index (κ3) is 3.41. The third-order valence-corrected chi connectivity index (χ3v) is 6.85. The van der Waals surface area contributed by atoms with E-state index in [9.17, 15) is 10.2 Å². The van der Waals surface area contributed by atoms with Crippen LogP contribution in [0.5, 0.6) is 11.5 Å². The Hall–Kier alpha value is -2.31. The first-order chi connectivity index (χ1) is 11.9. The van der Waals surface area contributed by atoms with Gasteiger partial charge in [0, 0.05) is 0 Å². The smallest absolute Gasteiger partial charge is 0.121 e. The number of aromatic hydroxyl groups is 2. The molecule has 0 aliphatic rings. The Morgan fingerprint density at radius 1 is 0.560 bits per heavy atom. The minimum Gasteiger partial charge on any atom is -0.507 e. The lowest BCUT2D eigenvalue weighted by Crippen LogP contribution is -2.21. The summed E-state index contributed by atoms with van der Waals surface area (Å²) in [6.07, 6.45) is 0. The second kappa shape index (κ2) is 6.90. The van der Waals surface area contributed by atoms with E-state index < -0.39 is 7.92 Å². The van der Waals surface area contributed by atoms with Gasteiger partial charge in [0.05, 0.1) is 0 Å². The van der Waals surface area contributed by atoms with Gasteiger partial charge in [0.1, 0.15) is 11.5 Å². The number of aryl methyl sites for hydroxylation is 4. The highest BCUT2D eigenvalue weighted by atomic mass is 31.1. The van der Waals surface area contributed by atoms with Crippen molar-refractivity contribution in [3.8, 4) is 11.5 Å². The fraction of sp³-hybridized carbons (Fsp3) is 0.182. The maximum atomic E-state index is 10.2. The van der Waals surface area contributed by atoms with Gasteiger partial charge in [0.2, 0.25) is 0 Å². The second-order valence-corrected chi connectivity index (χ2v) is 8.75. The minimum atomic E-state index is -0.758. The van der Waals surface area contributed by atoms with E-state index in [-0.39, 0.29) is 0 Å². The Morgan fingerprint density at radius 3 is 1.28 bits per heavy atom. The summed E-state index contributed by atoms with van der Waals surface area (Å²) in [5, 5.41) is 24.0. The highest BCUT2D eigenvalue weighted by molar-refractivity contribution is 7.79. The molecule has 3 aromatic carbocycles. The zero-order valence-electron chi connectivity index (χ0n) is 15.0. The SMILES string of the molecule is Cc1cc(P(c2ccccc2)c2cc(C)c(O)c(C)c2)cc(C)c1O. The molecule has 0 atom stereocenters. The number of hydrogen-bond acceptors (Lipinski definition) is 2. The first kappa shape index (κ1) is 17.5. The molecule has 2 N–H and O–H groups in total. The molecule has 0 bridgehead atoms. The monoisotopic (exact) mass is 350 g/mol. The zero-order chi connectivity index (χ0) is 18.1. The fourth-order valence-corrected chi connectivity index (χ4v) is 5.80. The predicted octanol–water partition coefficient (Wildman–Crippen LogP) is 4.09. The largest absolute Gasteiger partial charge is 0.507 e. The molecule has 0 saturated carbocycles. The molecular weight excluding hydrogens is 327 g/mol. The summed E-state index contributed by atoms with van der Waals surface area (Å²) in [6, 6.07) is 18.8. The molecule has 2 nitrogen and oxygen atoms in total. The number of phenolic OH excluding ortho intramolecular Hbond substituents is 2. The van der Waals surface area contributed by atoms with Gasteiger partial charge in [-0.1, -0.05) is 30.3 Å². The van der Waals surface area contributed by atoms with Crippen molar-refractivity contribution >= 4 is 23.8 Å². The van der Waals surface area contributed by atoms with Gasteiger partial charge in [-0.2, -0.15) is 0 Å². The molecule has 128 valence electrons. The Labute approximate surface area is 150 Å². The van der Waals surface area contributed by atoms with Gasteiger partial charge in [-0.25, -0.2) is 0 Å². The molecule has 0 amide bonds. The molecule has 0 fully saturated rings.